The summed E-state index contributed by atoms with van der Waals surface area (Å²) < 4.78 is 25.0. The molecule has 0 amide bonds. The molecule has 4 nitrogen and oxygen atoms in total. The van der Waals surface area contributed by atoms with E-state index in [1.165, 1.54) is 11.8 Å². The summed E-state index contributed by atoms with van der Waals surface area (Å²) in [4.78, 5) is 0. The zero-order valence-electron chi connectivity index (χ0n) is 12.9. The molecule has 2 rings (SSSR count). The maximum absolute atomic E-state index is 11.7. The summed E-state index contributed by atoms with van der Waals surface area (Å²) in [6.45, 7) is 5.89. The summed E-state index contributed by atoms with van der Waals surface area (Å²) in [5.41, 5.74) is 7.82. The van der Waals surface area contributed by atoms with E-state index in [4.69, 9.17) is 5.73 Å². The molecule has 0 radical (unpaired) electrons. The number of rotatable bonds is 3. The fourth-order valence-corrected chi connectivity index (χ4v) is 4.69. The minimum absolute atomic E-state index is 0.156. The van der Waals surface area contributed by atoms with Gasteiger partial charge in [0.1, 0.15) is 0 Å². The van der Waals surface area contributed by atoms with Gasteiger partial charge in [0.2, 0.25) is 10.0 Å². The molecule has 0 aromatic heterocycles. The Morgan fingerprint density at radius 2 is 2.15 bits per heavy atom. The highest BCUT2D eigenvalue weighted by Gasteiger charge is 2.30. The number of allylic oxidation sites excluding steroid dienone is 1. The van der Waals surface area contributed by atoms with E-state index in [-0.39, 0.29) is 11.5 Å². The molecule has 1 aliphatic carbocycles. The van der Waals surface area contributed by atoms with Gasteiger partial charge in [0, 0.05) is 19.1 Å². The monoisotopic (exact) mass is 300 g/mol. The van der Waals surface area contributed by atoms with Crippen molar-refractivity contribution in [1.29, 1.82) is 0 Å². The van der Waals surface area contributed by atoms with Crippen LogP contribution in [0.1, 0.15) is 46.0 Å². The molecule has 1 heterocycles. The second-order valence-electron chi connectivity index (χ2n) is 7.37. The van der Waals surface area contributed by atoms with Gasteiger partial charge in [0.05, 0.1) is 6.26 Å². The maximum Gasteiger partial charge on any atom is 0.211 e. The Kier molecular flexibility index (Phi) is 4.62. The fraction of sp³-hybridized carbons (Fsp3) is 0.867. The van der Waals surface area contributed by atoms with Gasteiger partial charge in [-0.2, -0.15) is 0 Å². The summed E-state index contributed by atoms with van der Waals surface area (Å²) in [7, 11) is -3.04. The van der Waals surface area contributed by atoms with Gasteiger partial charge in [-0.05, 0) is 43.4 Å². The fourth-order valence-electron chi connectivity index (χ4n) is 3.75. The van der Waals surface area contributed by atoms with Gasteiger partial charge in [-0.3, -0.25) is 0 Å². The van der Waals surface area contributed by atoms with Gasteiger partial charge in [0.15, 0.2) is 0 Å². The highest BCUT2D eigenvalue weighted by atomic mass is 32.2. The van der Waals surface area contributed by atoms with Crippen LogP contribution in [0.25, 0.3) is 0 Å². The molecule has 0 aromatic rings. The molecule has 5 heteroatoms. The first-order valence-electron chi connectivity index (χ1n) is 7.56. The molecule has 0 bridgehead atoms. The summed E-state index contributed by atoms with van der Waals surface area (Å²) in [5, 5.41) is 0. The van der Waals surface area contributed by atoms with Crippen molar-refractivity contribution in [3.63, 3.8) is 0 Å². The van der Waals surface area contributed by atoms with E-state index in [1.807, 2.05) is 0 Å². The normalized spacial score (nSPS) is 31.9. The Morgan fingerprint density at radius 1 is 1.45 bits per heavy atom. The molecule has 1 aliphatic heterocycles. The molecule has 20 heavy (non-hydrogen) atoms. The lowest BCUT2D eigenvalue weighted by Gasteiger charge is -2.36. The quantitative estimate of drug-likeness (QED) is 0.812. The van der Waals surface area contributed by atoms with E-state index >= 15 is 0 Å². The Bertz CT molecular complexity index is 482. The molecule has 2 unspecified atom stereocenters. The van der Waals surface area contributed by atoms with E-state index in [9.17, 15) is 8.42 Å². The zero-order chi connectivity index (χ0) is 15.0. The van der Waals surface area contributed by atoms with Crippen molar-refractivity contribution in [2.24, 2.45) is 17.1 Å². The van der Waals surface area contributed by atoms with Crippen LogP contribution in [0.4, 0.5) is 0 Å². The number of sulfonamides is 1. The molecular weight excluding hydrogens is 272 g/mol. The van der Waals surface area contributed by atoms with E-state index < -0.39 is 10.0 Å². The lowest BCUT2D eigenvalue weighted by Crippen LogP contribution is -2.39. The minimum atomic E-state index is -3.04. The van der Waals surface area contributed by atoms with Crippen molar-refractivity contribution in [2.45, 2.75) is 52.0 Å². The highest BCUT2D eigenvalue weighted by Crippen LogP contribution is 2.38. The van der Waals surface area contributed by atoms with Crippen molar-refractivity contribution in [3.05, 3.63) is 11.6 Å². The summed E-state index contributed by atoms with van der Waals surface area (Å²) in [6.07, 6.45) is 8.76. The first-order valence-corrected chi connectivity index (χ1v) is 9.41. The number of hydrogen-bond donors (Lipinski definition) is 1. The van der Waals surface area contributed by atoms with Gasteiger partial charge in [-0.25, -0.2) is 12.7 Å². The minimum Gasteiger partial charge on any atom is -0.324 e. The van der Waals surface area contributed by atoms with Crippen LogP contribution in [-0.2, 0) is 10.0 Å². The number of nitrogens with two attached hydrogens (primary N) is 1. The van der Waals surface area contributed by atoms with Crippen LogP contribution in [-0.4, -0.2) is 38.1 Å². The van der Waals surface area contributed by atoms with Gasteiger partial charge >= 0.3 is 0 Å². The average Bonchev–Trinajstić information content (AvgIpc) is 2.25. The Hall–Kier alpha value is -0.390. The van der Waals surface area contributed by atoms with Gasteiger partial charge in [-0.15, -0.1) is 0 Å². The van der Waals surface area contributed by atoms with Crippen LogP contribution in [0.15, 0.2) is 11.6 Å². The van der Waals surface area contributed by atoms with E-state index in [1.54, 1.807) is 4.31 Å². The number of nitrogens with zero attached hydrogens (tertiary/aromatic N) is 1. The SMILES string of the molecule is CC1(C)CC(CC2CCCN(S(C)(=O)=O)C2)=CC(N)C1. The third-order valence-electron chi connectivity index (χ3n) is 4.45. The molecule has 0 aromatic carbocycles. The molecule has 0 saturated carbocycles. The van der Waals surface area contributed by atoms with Crippen molar-refractivity contribution in [1.82, 2.24) is 4.31 Å². The molecule has 2 atom stereocenters. The van der Waals surface area contributed by atoms with Crippen LogP contribution in [0, 0.1) is 11.3 Å². The second kappa shape index (κ2) is 5.78. The largest absolute Gasteiger partial charge is 0.324 e. The average molecular weight is 300 g/mol. The molecule has 116 valence electrons. The van der Waals surface area contributed by atoms with Gasteiger partial charge in [0.25, 0.3) is 0 Å². The molecule has 2 N–H and O–H groups in total. The second-order valence-corrected chi connectivity index (χ2v) is 9.35. The third kappa shape index (κ3) is 4.30. The van der Waals surface area contributed by atoms with Crippen LogP contribution in [0.2, 0.25) is 0 Å². The lowest BCUT2D eigenvalue weighted by molar-refractivity contribution is 0.249. The molecular formula is C15H28N2O2S. The van der Waals surface area contributed by atoms with Crippen LogP contribution < -0.4 is 5.73 Å². The predicted octanol–water partition coefficient (Wildman–Crippen LogP) is 2.12. The van der Waals surface area contributed by atoms with Crippen molar-refractivity contribution >= 4 is 10.0 Å². The van der Waals surface area contributed by atoms with E-state index in [0.29, 0.717) is 19.0 Å². The van der Waals surface area contributed by atoms with Crippen molar-refractivity contribution in [2.75, 3.05) is 19.3 Å². The smallest absolute Gasteiger partial charge is 0.211 e. The number of hydrogen-bond acceptors (Lipinski definition) is 3. The maximum atomic E-state index is 11.7. The first-order chi connectivity index (χ1) is 9.16. The number of piperidine rings is 1. The topological polar surface area (TPSA) is 63.4 Å². The summed E-state index contributed by atoms with van der Waals surface area (Å²) in [5.74, 6) is 0.450. The Labute approximate surface area is 123 Å². The highest BCUT2D eigenvalue weighted by molar-refractivity contribution is 7.88. The van der Waals surface area contributed by atoms with Crippen molar-refractivity contribution in [3.8, 4) is 0 Å². The predicted molar refractivity (Wildman–Crippen MR) is 82.8 cm³/mol. The standard InChI is InChI=1S/C15H28N2O2S/c1-15(2)9-13(8-14(16)10-15)7-12-5-4-6-17(11-12)20(3,18)19/h8,12,14H,4-7,9-11,16H2,1-3H3. The van der Waals surface area contributed by atoms with Gasteiger partial charge in [-0.1, -0.05) is 25.5 Å². The van der Waals surface area contributed by atoms with E-state index in [0.717, 1.165) is 32.1 Å². The first kappa shape index (κ1) is 16.0. The van der Waals surface area contributed by atoms with Crippen molar-refractivity contribution < 1.29 is 8.42 Å². The Balaban J connectivity index is 2.00. The summed E-state index contributed by atoms with van der Waals surface area (Å²) >= 11 is 0. The Morgan fingerprint density at radius 3 is 2.75 bits per heavy atom. The zero-order valence-corrected chi connectivity index (χ0v) is 13.7. The summed E-state index contributed by atoms with van der Waals surface area (Å²) in [6, 6.07) is 0.156. The third-order valence-corrected chi connectivity index (χ3v) is 5.71. The molecule has 2 aliphatic rings. The molecule has 0 spiro atoms. The molecule has 1 saturated heterocycles. The van der Waals surface area contributed by atoms with E-state index in [2.05, 4.69) is 19.9 Å². The van der Waals surface area contributed by atoms with Crippen LogP contribution >= 0.6 is 0 Å². The van der Waals surface area contributed by atoms with Crippen LogP contribution in [0.3, 0.4) is 0 Å². The lowest BCUT2D eigenvalue weighted by atomic mass is 9.73. The molecule has 1 fully saturated rings. The van der Waals surface area contributed by atoms with Crippen LogP contribution in [0.5, 0.6) is 0 Å². The van der Waals surface area contributed by atoms with Gasteiger partial charge < -0.3 is 5.73 Å².